The maximum absolute atomic E-state index is 12.7. The van der Waals surface area contributed by atoms with Crippen LogP contribution in [0.15, 0.2) is 78.9 Å². The molecule has 0 saturated carbocycles. The van der Waals surface area contributed by atoms with Crippen molar-refractivity contribution in [2.45, 2.75) is 0 Å². The molecule has 1 fully saturated rings. The maximum atomic E-state index is 12.7. The minimum absolute atomic E-state index is 0.0408. The predicted octanol–water partition coefficient (Wildman–Crippen LogP) is 4.12. The number of nitrogens with zero attached hydrogens (tertiary/aromatic N) is 2. The highest BCUT2D eigenvalue weighted by Gasteiger charge is 2.18. The van der Waals surface area contributed by atoms with E-state index in [1.54, 1.807) is 0 Å². The smallest absolute Gasteiger partial charge is 0.262 e. The highest BCUT2D eigenvalue weighted by molar-refractivity contribution is 5.95. The Morgan fingerprint density at radius 3 is 2.33 bits per heavy atom. The summed E-state index contributed by atoms with van der Waals surface area (Å²) in [7, 11) is 2.13. The van der Waals surface area contributed by atoms with Gasteiger partial charge in [0.1, 0.15) is 5.75 Å². The van der Waals surface area contributed by atoms with Gasteiger partial charge in [0.15, 0.2) is 6.61 Å². The molecular formula is C25H27N3O2. The molecule has 0 spiro atoms. The van der Waals surface area contributed by atoms with E-state index in [9.17, 15) is 4.79 Å². The second-order valence-electron chi connectivity index (χ2n) is 7.51. The number of likely N-dealkylation sites (N-methyl/N-ethyl adjacent to an activating group) is 1. The summed E-state index contributed by atoms with van der Waals surface area (Å²) >= 11 is 0. The van der Waals surface area contributed by atoms with Crippen LogP contribution in [0.25, 0.3) is 11.1 Å². The zero-order chi connectivity index (χ0) is 20.8. The first kappa shape index (κ1) is 20.0. The van der Waals surface area contributed by atoms with Crippen LogP contribution in [0.1, 0.15) is 0 Å². The fourth-order valence-electron chi connectivity index (χ4n) is 3.68. The molecule has 5 nitrogen and oxygen atoms in total. The second kappa shape index (κ2) is 9.46. The molecule has 0 radical (unpaired) electrons. The quantitative estimate of drug-likeness (QED) is 0.675. The molecule has 30 heavy (non-hydrogen) atoms. The summed E-state index contributed by atoms with van der Waals surface area (Å²) in [5.74, 6) is 0.533. The molecule has 1 heterocycles. The Bertz CT molecular complexity index is 982. The van der Waals surface area contributed by atoms with Crippen molar-refractivity contribution in [2.24, 2.45) is 0 Å². The Labute approximate surface area is 177 Å². The van der Waals surface area contributed by atoms with Gasteiger partial charge in [0.25, 0.3) is 5.91 Å². The number of amides is 1. The Kier molecular flexibility index (Phi) is 6.30. The van der Waals surface area contributed by atoms with Gasteiger partial charge in [-0.1, -0.05) is 60.7 Å². The minimum Gasteiger partial charge on any atom is -0.483 e. The maximum Gasteiger partial charge on any atom is 0.262 e. The van der Waals surface area contributed by atoms with Crippen LogP contribution in [-0.2, 0) is 4.79 Å². The summed E-state index contributed by atoms with van der Waals surface area (Å²) in [6.45, 7) is 3.89. The molecule has 1 amide bonds. The summed E-state index contributed by atoms with van der Waals surface area (Å²) in [6, 6.07) is 25.8. The lowest BCUT2D eigenvalue weighted by Gasteiger charge is -2.35. The van der Waals surface area contributed by atoms with Gasteiger partial charge >= 0.3 is 0 Å². The first-order valence-electron chi connectivity index (χ1n) is 10.3. The zero-order valence-corrected chi connectivity index (χ0v) is 17.3. The predicted molar refractivity (Wildman–Crippen MR) is 122 cm³/mol. The molecule has 154 valence electrons. The lowest BCUT2D eigenvalue weighted by Crippen LogP contribution is -2.44. The van der Waals surface area contributed by atoms with E-state index in [4.69, 9.17) is 4.74 Å². The Balaban J connectivity index is 1.42. The highest BCUT2D eigenvalue weighted by atomic mass is 16.5. The van der Waals surface area contributed by atoms with Crippen molar-refractivity contribution in [2.75, 3.05) is 50.1 Å². The first-order chi connectivity index (χ1) is 14.7. The van der Waals surface area contributed by atoms with E-state index < -0.39 is 0 Å². The number of carbonyl (C=O) groups excluding carboxylic acids is 1. The van der Waals surface area contributed by atoms with Gasteiger partial charge in [0.2, 0.25) is 0 Å². The third kappa shape index (κ3) is 4.81. The minimum atomic E-state index is -0.167. The third-order valence-corrected chi connectivity index (χ3v) is 5.35. The van der Waals surface area contributed by atoms with Gasteiger partial charge in [-0.05, 0) is 30.8 Å². The molecule has 0 unspecified atom stereocenters. The van der Waals surface area contributed by atoms with Crippen LogP contribution < -0.4 is 15.0 Å². The van der Waals surface area contributed by atoms with Crippen molar-refractivity contribution in [3.63, 3.8) is 0 Å². The van der Waals surface area contributed by atoms with Crippen LogP contribution in [0.5, 0.6) is 5.75 Å². The lowest BCUT2D eigenvalue weighted by atomic mass is 10.1. The molecule has 1 N–H and O–H groups in total. The van der Waals surface area contributed by atoms with Crippen LogP contribution >= 0.6 is 0 Å². The average Bonchev–Trinajstić information content (AvgIpc) is 2.79. The Morgan fingerprint density at radius 1 is 0.867 bits per heavy atom. The molecule has 3 aromatic carbocycles. The number of hydrogen-bond donors (Lipinski definition) is 1. The number of rotatable bonds is 6. The summed E-state index contributed by atoms with van der Waals surface area (Å²) in [6.07, 6.45) is 0. The van der Waals surface area contributed by atoms with Gasteiger partial charge in [-0.25, -0.2) is 0 Å². The van der Waals surface area contributed by atoms with Gasteiger partial charge in [0, 0.05) is 31.7 Å². The average molecular weight is 402 g/mol. The molecule has 4 rings (SSSR count). The van der Waals surface area contributed by atoms with Gasteiger partial charge in [-0.2, -0.15) is 0 Å². The van der Waals surface area contributed by atoms with Crippen molar-refractivity contribution in [1.82, 2.24) is 4.90 Å². The number of carbonyl (C=O) groups is 1. The third-order valence-electron chi connectivity index (χ3n) is 5.35. The number of ether oxygens (including phenoxy) is 1. The van der Waals surface area contributed by atoms with Gasteiger partial charge in [-0.3, -0.25) is 4.79 Å². The van der Waals surface area contributed by atoms with Gasteiger partial charge in [-0.15, -0.1) is 0 Å². The molecule has 1 saturated heterocycles. The molecule has 0 bridgehead atoms. The van der Waals surface area contributed by atoms with Crippen molar-refractivity contribution in [1.29, 1.82) is 0 Å². The summed E-state index contributed by atoms with van der Waals surface area (Å²) in [4.78, 5) is 17.3. The number of nitrogens with one attached hydrogen (secondary N) is 1. The van der Waals surface area contributed by atoms with E-state index in [1.807, 2.05) is 72.8 Å². The van der Waals surface area contributed by atoms with Crippen LogP contribution in [-0.4, -0.2) is 50.6 Å². The summed E-state index contributed by atoms with van der Waals surface area (Å²) < 4.78 is 5.89. The van der Waals surface area contributed by atoms with E-state index in [1.165, 1.54) is 0 Å². The lowest BCUT2D eigenvalue weighted by molar-refractivity contribution is -0.118. The van der Waals surface area contributed by atoms with E-state index in [0.29, 0.717) is 5.75 Å². The topological polar surface area (TPSA) is 44.8 Å². The van der Waals surface area contributed by atoms with Crippen molar-refractivity contribution < 1.29 is 9.53 Å². The molecule has 1 aliphatic rings. The Morgan fingerprint density at radius 2 is 1.53 bits per heavy atom. The molecular weight excluding hydrogens is 374 g/mol. The molecule has 0 aromatic heterocycles. The molecule has 0 aliphatic carbocycles. The molecule has 1 aliphatic heterocycles. The molecule has 3 aromatic rings. The Hall–Kier alpha value is -3.31. The monoisotopic (exact) mass is 401 g/mol. The van der Waals surface area contributed by atoms with Crippen LogP contribution in [0.2, 0.25) is 0 Å². The number of para-hydroxylation sites is 3. The SMILES string of the molecule is CN1CCN(c2ccccc2NC(=O)COc2ccccc2-c2ccccc2)CC1. The van der Waals surface area contributed by atoms with Crippen molar-refractivity contribution in [3.05, 3.63) is 78.9 Å². The fraction of sp³-hybridized carbons (Fsp3) is 0.240. The zero-order valence-electron chi connectivity index (χ0n) is 17.3. The largest absolute Gasteiger partial charge is 0.483 e. The number of benzene rings is 3. The summed E-state index contributed by atoms with van der Waals surface area (Å²) in [5, 5.41) is 3.03. The second-order valence-corrected chi connectivity index (χ2v) is 7.51. The van der Waals surface area contributed by atoms with Gasteiger partial charge in [0.05, 0.1) is 11.4 Å². The number of piperazine rings is 1. The first-order valence-corrected chi connectivity index (χ1v) is 10.3. The number of anilines is 2. The fourth-order valence-corrected chi connectivity index (χ4v) is 3.68. The molecule has 0 atom stereocenters. The van der Waals surface area contributed by atoms with Crippen molar-refractivity contribution >= 4 is 17.3 Å². The van der Waals surface area contributed by atoms with E-state index >= 15 is 0 Å². The summed E-state index contributed by atoms with van der Waals surface area (Å²) in [5.41, 5.74) is 3.92. The van der Waals surface area contributed by atoms with E-state index in [0.717, 1.165) is 48.7 Å². The molecule has 5 heteroatoms. The van der Waals surface area contributed by atoms with E-state index in [2.05, 4.69) is 28.2 Å². The van der Waals surface area contributed by atoms with Crippen LogP contribution in [0.4, 0.5) is 11.4 Å². The van der Waals surface area contributed by atoms with Gasteiger partial charge < -0.3 is 19.9 Å². The number of hydrogen-bond acceptors (Lipinski definition) is 4. The normalized spacial score (nSPS) is 14.4. The van der Waals surface area contributed by atoms with Crippen LogP contribution in [0.3, 0.4) is 0 Å². The highest BCUT2D eigenvalue weighted by Crippen LogP contribution is 2.30. The standard InChI is InChI=1S/C25H27N3O2/c1-27-15-17-28(18-16-27)23-13-7-6-12-22(23)26-25(29)19-30-24-14-8-5-11-21(24)20-9-3-2-4-10-20/h2-14H,15-19H2,1H3,(H,26,29). The van der Waals surface area contributed by atoms with E-state index in [-0.39, 0.29) is 12.5 Å². The van der Waals surface area contributed by atoms with Crippen molar-refractivity contribution in [3.8, 4) is 16.9 Å². The van der Waals surface area contributed by atoms with Crippen LogP contribution in [0, 0.1) is 0 Å².